The molecule has 0 spiro atoms. The number of imidazole rings is 1. The molecule has 1 aliphatic rings. The lowest BCUT2D eigenvalue weighted by molar-refractivity contribution is -0.132. The lowest BCUT2D eigenvalue weighted by atomic mass is 9.97. The summed E-state index contributed by atoms with van der Waals surface area (Å²) >= 11 is 2.72. The van der Waals surface area contributed by atoms with Gasteiger partial charge in [0.05, 0.1) is 17.3 Å². The van der Waals surface area contributed by atoms with Crippen LogP contribution in [0.4, 0.5) is 5.13 Å². The van der Waals surface area contributed by atoms with Crippen LogP contribution in [-0.2, 0) is 15.3 Å². The zero-order chi connectivity index (χ0) is 26.2. The van der Waals surface area contributed by atoms with Gasteiger partial charge in [0.1, 0.15) is 11.3 Å². The molecule has 1 aromatic carbocycles. The Labute approximate surface area is 225 Å². The van der Waals surface area contributed by atoms with Gasteiger partial charge in [0.15, 0.2) is 10.1 Å². The fourth-order valence-corrected chi connectivity index (χ4v) is 6.31. The highest BCUT2D eigenvalue weighted by atomic mass is 32.2. The standard InChI is InChI=1S/C27H20N6O3S2/c1-16-21(32-13-6-5-11-19(32)29-16)23(34)20-22(18-10-7-12-28-14-18)33(25(36)24(20)35)26-30-31-27(38-26)37-15-17-8-3-2-4-9-17/h2-14,22,34H,15H2,1H3. The number of benzene rings is 1. The molecule has 0 radical (unpaired) electrons. The van der Waals surface area contributed by atoms with Gasteiger partial charge in [-0.3, -0.25) is 23.9 Å². The van der Waals surface area contributed by atoms with Crippen molar-refractivity contribution >= 4 is 51.3 Å². The van der Waals surface area contributed by atoms with E-state index in [4.69, 9.17) is 0 Å². The molecule has 1 amide bonds. The average molecular weight is 541 g/mol. The van der Waals surface area contributed by atoms with Crippen molar-refractivity contribution in [2.24, 2.45) is 0 Å². The van der Waals surface area contributed by atoms with E-state index in [9.17, 15) is 14.7 Å². The fourth-order valence-electron chi connectivity index (χ4n) is 4.49. The van der Waals surface area contributed by atoms with Gasteiger partial charge in [0.2, 0.25) is 5.13 Å². The van der Waals surface area contributed by atoms with Crippen molar-refractivity contribution in [1.82, 2.24) is 24.6 Å². The second-order valence-electron chi connectivity index (χ2n) is 8.55. The molecule has 1 atom stereocenters. The van der Waals surface area contributed by atoms with E-state index in [1.54, 1.807) is 54.2 Å². The molecule has 6 rings (SSSR count). The van der Waals surface area contributed by atoms with Gasteiger partial charge in [-0.25, -0.2) is 4.98 Å². The number of hydrogen-bond acceptors (Lipinski definition) is 9. The molecule has 0 aliphatic carbocycles. The molecule has 1 unspecified atom stereocenters. The maximum absolute atomic E-state index is 13.5. The van der Waals surface area contributed by atoms with E-state index in [2.05, 4.69) is 20.2 Å². The number of pyridine rings is 2. The summed E-state index contributed by atoms with van der Waals surface area (Å²) in [6, 6.07) is 17.9. The summed E-state index contributed by atoms with van der Waals surface area (Å²) in [6.45, 7) is 1.75. The predicted octanol–water partition coefficient (Wildman–Crippen LogP) is 4.81. The Morgan fingerprint density at radius 1 is 1.05 bits per heavy atom. The van der Waals surface area contributed by atoms with Crippen molar-refractivity contribution in [1.29, 1.82) is 0 Å². The van der Waals surface area contributed by atoms with Crippen molar-refractivity contribution < 1.29 is 14.7 Å². The number of aryl methyl sites for hydroxylation is 1. The van der Waals surface area contributed by atoms with Crippen LogP contribution in [0, 0.1) is 6.92 Å². The summed E-state index contributed by atoms with van der Waals surface area (Å²) in [5, 5.41) is 20.3. The lowest BCUT2D eigenvalue weighted by Gasteiger charge is -2.22. The summed E-state index contributed by atoms with van der Waals surface area (Å²) < 4.78 is 2.36. The SMILES string of the molecule is Cc1nc2ccccn2c1C(O)=C1C(=O)C(=O)N(c2nnc(SCc3ccccc3)s2)C1c1cccnc1. The van der Waals surface area contributed by atoms with Crippen LogP contribution in [0.5, 0.6) is 0 Å². The van der Waals surface area contributed by atoms with Gasteiger partial charge in [-0.05, 0) is 36.2 Å². The van der Waals surface area contributed by atoms with Crippen molar-refractivity contribution in [2.45, 2.75) is 23.1 Å². The van der Waals surface area contributed by atoms with Gasteiger partial charge < -0.3 is 5.11 Å². The van der Waals surface area contributed by atoms with Crippen molar-refractivity contribution in [3.63, 3.8) is 0 Å². The molecule has 1 N–H and O–H groups in total. The molecule has 5 aromatic rings. The van der Waals surface area contributed by atoms with Crippen LogP contribution in [0.2, 0.25) is 0 Å². The molecule has 11 heteroatoms. The number of Topliss-reactive ketones (excluding diaryl/α,β-unsaturated/α-hetero) is 1. The monoisotopic (exact) mass is 540 g/mol. The van der Waals surface area contributed by atoms with E-state index >= 15 is 0 Å². The van der Waals surface area contributed by atoms with Gasteiger partial charge in [-0.1, -0.05) is 65.6 Å². The van der Waals surface area contributed by atoms with E-state index < -0.39 is 17.7 Å². The van der Waals surface area contributed by atoms with Crippen LogP contribution in [0.1, 0.15) is 28.6 Å². The van der Waals surface area contributed by atoms with Crippen LogP contribution in [0.25, 0.3) is 11.4 Å². The van der Waals surface area contributed by atoms with Crippen molar-refractivity contribution in [3.05, 3.63) is 107 Å². The largest absolute Gasteiger partial charge is 0.505 e. The Morgan fingerprint density at radius 2 is 1.87 bits per heavy atom. The Bertz CT molecular complexity index is 1700. The molecule has 188 valence electrons. The number of nitrogens with zero attached hydrogens (tertiary/aromatic N) is 6. The number of anilines is 1. The van der Waals surface area contributed by atoms with E-state index in [0.29, 0.717) is 32.7 Å². The molecule has 0 bridgehead atoms. The minimum absolute atomic E-state index is 0.0505. The molecule has 38 heavy (non-hydrogen) atoms. The number of fused-ring (bicyclic) bond motifs is 1. The fraction of sp³-hybridized carbons (Fsp3) is 0.111. The van der Waals surface area contributed by atoms with Crippen LogP contribution in [0.15, 0.2) is 89.2 Å². The number of aromatic nitrogens is 5. The summed E-state index contributed by atoms with van der Waals surface area (Å²) in [6.07, 6.45) is 4.93. The number of carbonyl (C=O) groups is 2. The third kappa shape index (κ3) is 4.15. The van der Waals surface area contributed by atoms with Crippen LogP contribution in [0.3, 0.4) is 0 Å². The first-order chi connectivity index (χ1) is 18.5. The van der Waals surface area contributed by atoms with Gasteiger partial charge in [0.25, 0.3) is 5.78 Å². The second kappa shape index (κ2) is 9.84. The predicted molar refractivity (Wildman–Crippen MR) is 145 cm³/mol. The second-order valence-corrected chi connectivity index (χ2v) is 10.7. The normalized spacial score (nSPS) is 17.0. The quantitative estimate of drug-likeness (QED) is 0.107. The van der Waals surface area contributed by atoms with Crippen molar-refractivity contribution in [2.75, 3.05) is 4.90 Å². The zero-order valence-corrected chi connectivity index (χ0v) is 21.7. The third-order valence-electron chi connectivity index (χ3n) is 6.18. The Hall–Kier alpha value is -4.35. The van der Waals surface area contributed by atoms with Gasteiger partial charge in [-0.2, -0.15) is 0 Å². The van der Waals surface area contributed by atoms with Gasteiger partial charge in [0, 0.05) is 24.3 Å². The maximum Gasteiger partial charge on any atom is 0.301 e. The first-order valence-corrected chi connectivity index (χ1v) is 13.5. The minimum atomic E-state index is -0.933. The van der Waals surface area contributed by atoms with Crippen LogP contribution in [-0.4, -0.2) is 41.4 Å². The smallest absolute Gasteiger partial charge is 0.301 e. The summed E-state index contributed by atoms with van der Waals surface area (Å²) in [5.41, 5.74) is 3.14. The highest BCUT2D eigenvalue weighted by molar-refractivity contribution is 8.00. The Morgan fingerprint density at radius 3 is 2.66 bits per heavy atom. The first kappa shape index (κ1) is 24.0. The van der Waals surface area contributed by atoms with E-state index in [1.807, 2.05) is 36.4 Å². The zero-order valence-electron chi connectivity index (χ0n) is 20.1. The molecule has 9 nitrogen and oxygen atoms in total. The Kier molecular flexibility index (Phi) is 6.22. The average Bonchev–Trinajstić information content (AvgIpc) is 3.62. The lowest BCUT2D eigenvalue weighted by Crippen LogP contribution is -2.29. The van der Waals surface area contributed by atoms with E-state index in [-0.39, 0.29) is 16.5 Å². The molecule has 1 fully saturated rings. The third-order valence-corrected chi connectivity index (χ3v) is 8.31. The maximum atomic E-state index is 13.5. The number of carbonyl (C=O) groups excluding carboxylic acids is 2. The molecule has 1 aliphatic heterocycles. The summed E-state index contributed by atoms with van der Waals surface area (Å²) in [5.74, 6) is -1.22. The number of thioether (sulfide) groups is 1. The molecule has 1 saturated heterocycles. The molecule has 0 saturated carbocycles. The highest BCUT2D eigenvalue weighted by Crippen LogP contribution is 2.44. The van der Waals surface area contributed by atoms with Crippen LogP contribution < -0.4 is 4.90 Å². The molecular weight excluding hydrogens is 520 g/mol. The van der Waals surface area contributed by atoms with Crippen molar-refractivity contribution in [3.8, 4) is 0 Å². The number of rotatable bonds is 6. The minimum Gasteiger partial charge on any atom is -0.505 e. The first-order valence-electron chi connectivity index (χ1n) is 11.7. The van der Waals surface area contributed by atoms with E-state index in [1.165, 1.54) is 28.0 Å². The van der Waals surface area contributed by atoms with E-state index in [0.717, 1.165) is 5.56 Å². The summed E-state index contributed by atoms with van der Waals surface area (Å²) in [4.78, 5) is 36.9. The summed E-state index contributed by atoms with van der Waals surface area (Å²) in [7, 11) is 0. The van der Waals surface area contributed by atoms with Gasteiger partial charge >= 0.3 is 5.91 Å². The Balaban J connectivity index is 1.44. The number of aliphatic hydroxyl groups is 1. The number of amides is 1. The topological polar surface area (TPSA) is 114 Å². The number of ketones is 1. The number of hydrogen-bond donors (Lipinski definition) is 1. The molecular formula is C27H20N6O3S2. The highest BCUT2D eigenvalue weighted by Gasteiger charge is 2.49. The number of aliphatic hydroxyl groups excluding tert-OH is 1. The molecule has 5 heterocycles. The van der Waals surface area contributed by atoms with Gasteiger partial charge in [-0.15, -0.1) is 10.2 Å². The van der Waals surface area contributed by atoms with Crippen LogP contribution >= 0.6 is 23.1 Å². The molecule has 4 aromatic heterocycles.